The number of ether oxygens (including phenoxy) is 1. The zero-order chi connectivity index (χ0) is 13.6. The van der Waals surface area contributed by atoms with Crippen LogP contribution in [0.3, 0.4) is 0 Å². The molecule has 0 aliphatic heterocycles. The number of anilines is 1. The largest absolute Gasteiger partial charge is 0.411 e. The van der Waals surface area contributed by atoms with Gasteiger partial charge >= 0.3 is 6.18 Å². The first kappa shape index (κ1) is 15.2. The summed E-state index contributed by atoms with van der Waals surface area (Å²) in [5, 5.41) is 2.80. The van der Waals surface area contributed by atoms with Crippen molar-refractivity contribution >= 4 is 21.6 Å². The molecule has 0 saturated carbocycles. The summed E-state index contributed by atoms with van der Waals surface area (Å²) < 4.78 is 53.5. The summed E-state index contributed by atoms with van der Waals surface area (Å²) in [5.74, 6) is -0.416. The molecule has 0 amide bonds. The summed E-state index contributed by atoms with van der Waals surface area (Å²) in [6.45, 7) is -0.952. The van der Waals surface area contributed by atoms with Gasteiger partial charge in [-0.15, -0.1) is 0 Å². The van der Waals surface area contributed by atoms with E-state index in [1.807, 2.05) is 0 Å². The van der Waals surface area contributed by atoms with Crippen LogP contribution in [-0.4, -0.2) is 25.9 Å². The van der Waals surface area contributed by atoms with Gasteiger partial charge in [0.25, 0.3) is 0 Å². The van der Waals surface area contributed by atoms with Gasteiger partial charge in [-0.05, 0) is 34.5 Å². The Hall–Kier alpha value is -0.820. The molecule has 0 fully saturated rings. The Morgan fingerprint density at radius 3 is 2.61 bits per heavy atom. The quantitative estimate of drug-likeness (QED) is 0.630. The fraction of sp³-hybridized carbons (Fsp3) is 0.455. The number of rotatable bonds is 6. The minimum absolute atomic E-state index is 0.0292. The van der Waals surface area contributed by atoms with Crippen molar-refractivity contribution in [1.82, 2.24) is 0 Å². The first-order valence-corrected chi connectivity index (χ1v) is 6.02. The number of alkyl halides is 3. The van der Waals surface area contributed by atoms with E-state index in [9.17, 15) is 17.6 Å². The van der Waals surface area contributed by atoms with Gasteiger partial charge in [0.1, 0.15) is 12.4 Å². The second kappa shape index (κ2) is 6.94. The van der Waals surface area contributed by atoms with Crippen molar-refractivity contribution in [2.45, 2.75) is 12.6 Å². The van der Waals surface area contributed by atoms with Crippen LogP contribution in [0.2, 0.25) is 0 Å². The van der Waals surface area contributed by atoms with Crippen molar-refractivity contribution in [2.75, 3.05) is 25.1 Å². The summed E-state index contributed by atoms with van der Waals surface area (Å²) in [6, 6.07) is 4.52. The Morgan fingerprint density at radius 1 is 1.28 bits per heavy atom. The molecule has 1 N–H and O–H groups in total. The van der Waals surface area contributed by atoms with Crippen LogP contribution in [0, 0.1) is 5.82 Å². The summed E-state index contributed by atoms with van der Waals surface area (Å²) in [4.78, 5) is 0. The van der Waals surface area contributed by atoms with E-state index in [4.69, 9.17) is 0 Å². The zero-order valence-corrected chi connectivity index (χ0v) is 10.9. The molecule has 0 aromatic heterocycles. The second-order valence-electron chi connectivity index (χ2n) is 3.54. The molecule has 0 aliphatic rings. The fourth-order valence-corrected chi connectivity index (χ4v) is 1.72. The number of nitrogens with one attached hydrogen (secondary N) is 1. The smallest absolute Gasteiger partial charge is 0.382 e. The molecule has 1 rings (SSSR count). The van der Waals surface area contributed by atoms with E-state index in [0.717, 1.165) is 0 Å². The number of hydrogen-bond donors (Lipinski definition) is 1. The lowest BCUT2D eigenvalue weighted by atomic mass is 10.3. The van der Waals surface area contributed by atoms with E-state index in [2.05, 4.69) is 26.0 Å². The molecular weight excluding hydrogens is 318 g/mol. The van der Waals surface area contributed by atoms with E-state index in [-0.39, 0.29) is 6.61 Å². The van der Waals surface area contributed by atoms with Crippen molar-refractivity contribution in [3.05, 3.63) is 28.5 Å². The Labute approximate surface area is 110 Å². The predicted molar refractivity (Wildman–Crippen MR) is 64.1 cm³/mol. The van der Waals surface area contributed by atoms with Gasteiger partial charge in [0.05, 0.1) is 5.69 Å². The van der Waals surface area contributed by atoms with Crippen molar-refractivity contribution in [3.63, 3.8) is 0 Å². The van der Waals surface area contributed by atoms with Crippen LogP contribution in [0.1, 0.15) is 6.42 Å². The van der Waals surface area contributed by atoms with Gasteiger partial charge in [0, 0.05) is 17.6 Å². The molecule has 102 valence electrons. The maximum atomic E-state index is 13.3. The van der Waals surface area contributed by atoms with Crippen LogP contribution >= 0.6 is 15.9 Å². The van der Waals surface area contributed by atoms with Gasteiger partial charge in [-0.3, -0.25) is 0 Å². The second-order valence-corrected chi connectivity index (χ2v) is 4.40. The van der Waals surface area contributed by atoms with Crippen LogP contribution in [0.4, 0.5) is 23.2 Å². The van der Waals surface area contributed by atoms with E-state index in [1.54, 1.807) is 12.1 Å². The summed E-state index contributed by atoms with van der Waals surface area (Å²) in [7, 11) is 0. The highest BCUT2D eigenvalue weighted by Crippen LogP contribution is 2.24. The van der Waals surface area contributed by atoms with Crippen LogP contribution in [0.25, 0.3) is 0 Å². The molecule has 1 aromatic carbocycles. The molecule has 18 heavy (non-hydrogen) atoms. The van der Waals surface area contributed by atoms with Gasteiger partial charge in [0.15, 0.2) is 0 Å². The molecule has 2 nitrogen and oxygen atoms in total. The van der Waals surface area contributed by atoms with E-state index < -0.39 is 18.6 Å². The monoisotopic (exact) mass is 329 g/mol. The van der Waals surface area contributed by atoms with Crippen LogP contribution < -0.4 is 5.32 Å². The molecule has 0 radical (unpaired) electrons. The van der Waals surface area contributed by atoms with E-state index in [1.165, 1.54) is 6.07 Å². The molecule has 0 unspecified atom stereocenters. The third-order valence-electron chi connectivity index (χ3n) is 2.00. The average Bonchev–Trinajstić information content (AvgIpc) is 2.25. The van der Waals surface area contributed by atoms with Crippen LogP contribution in [0.15, 0.2) is 22.7 Å². The van der Waals surface area contributed by atoms with Gasteiger partial charge in [-0.25, -0.2) is 4.39 Å². The molecule has 0 spiro atoms. The Morgan fingerprint density at radius 2 is 2.00 bits per heavy atom. The summed E-state index contributed by atoms with van der Waals surface area (Å²) in [5.41, 5.74) is 0.299. The molecule has 1 aromatic rings. The van der Waals surface area contributed by atoms with E-state index >= 15 is 0 Å². The molecule has 0 saturated heterocycles. The third-order valence-corrected chi connectivity index (χ3v) is 2.66. The molecule has 0 heterocycles. The van der Waals surface area contributed by atoms with Gasteiger partial charge in [-0.2, -0.15) is 13.2 Å². The Bertz CT molecular complexity index is 364. The summed E-state index contributed by atoms with van der Waals surface area (Å²) in [6.07, 6.45) is -3.95. The first-order valence-electron chi connectivity index (χ1n) is 5.22. The van der Waals surface area contributed by atoms with Crippen molar-refractivity contribution in [3.8, 4) is 0 Å². The summed E-state index contributed by atoms with van der Waals surface area (Å²) >= 11 is 3.17. The van der Waals surface area contributed by atoms with Crippen molar-refractivity contribution < 1.29 is 22.3 Å². The lowest BCUT2D eigenvalue weighted by Crippen LogP contribution is -2.18. The molecule has 0 bridgehead atoms. The van der Waals surface area contributed by atoms with Crippen molar-refractivity contribution in [1.29, 1.82) is 0 Å². The SMILES string of the molecule is Fc1cccc(Br)c1NCCCOCC(F)(F)F. The molecule has 7 heteroatoms. The number of hydrogen-bond acceptors (Lipinski definition) is 2. The third kappa shape index (κ3) is 5.68. The fourth-order valence-electron chi connectivity index (χ4n) is 1.24. The minimum Gasteiger partial charge on any atom is -0.382 e. The maximum absolute atomic E-state index is 13.3. The van der Waals surface area contributed by atoms with Gasteiger partial charge < -0.3 is 10.1 Å². The Balaban J connectivity index is 2.22. The standard InChI is InChI=1S/C11H12BrF4NO/c12-8-3-1-4-9(13)10(8)17-5-2-6-18-7-11(14,15)16/h1,3-4,17H,2,5-7H2. The van der Waals surface area contributed by atoms with Crippen molar-refractivity contribution in [2.24, 2.45) is 0 Å². The molecule has 0 aliphatic carbocycles. The van der Waals surface area contributed by atoms with Crippen LogP contribution in [-0.2, 0) is 4.74 Å². The highest BCUT2D eigenvalue weighted by Gasteiger charge is 2.27. The number of para-hydroxylation sites is 1. The predicted octanol–water partition coefficient (Wildman–Crippen LogP) is 3.97. The zero-order valence-electron chi connectivity index (χ0n) is 9.36. The number of benzene rings is 1. The maximum Gasteiger partial charge on any atom is 0.411 e. The highest BCUT2D eigenvalue weighted by atomic mass is 79.9. The van der Waals surface area contributed by atoms with E-state index in [0.29, 0.717) is 23.1 Å². The number of halogens is 5. The lowest BCUT2D eigenvalue weighted by Gasteiger charge is -2.10. The molecule has 0 atom stereocenters. The molecular formula is C11H12BrF4NO. The van der Waals surface area contributed by atoms with Gasteiger partial charge in [-0.1, -0.05) is 6.07 Å². The highest BCUT2D eigenvalue weighted by molar-refractivity contribution is 9.10. The minimum atomic E-state index is -4.30. The van der Waals surface area contributed by atoms with Gasteiger partial charge in [0.2, 0.25) is 0 Å². The normalized spacial score (nSPS) is 11.6. The first-order chi connectivity index (χ1) is 8.40. The topological polar surface area (TPSA) is 21.3 Å². The average molecular weight is 330 g/mol. The lowest BCUT2D eigenvalue weighted by molar-refractivity contribution is -0.173. The Kier molecular flexibility index (Phi) is 5.87. The van der Waals surface area contributed by atoms with Crippen LogP contribution in [0.5, 0.6) is 0 Å².